The fourth-order valence-corrected chi connectivity index (χ4v) is 2.36. The average Bonchev–Trinajstić information content (AvgIpc) is 2.48. The van der Waals surface area contributed by atoms with Crippen LogP contribution in [-0.2, 0) is 0 Å². The second-order valence-electron chi connectivity index (χ2n) is 5.64. The Morgan fingerprint density at radius 1 is 0.905 bits per heavy atom. The molecule has 0 heterocycles. The molecule has 0 unspecified atom stereocenters. The Kier molecular flexibility index (Phi) is 9.68. The Balaban J connectivity index is 1.91. The van der Waals surface area contributed by atoms with E-state index in [-0.39, 0.29) is 5.75 Å². The van der Waals surface area contributed by atoms with Crippen LogP contribution in [0.5, 0.6) is 11.5 Å². The predicted molar refractivity (Wildman–Crippen MR) is 85.4 cm³/mol. The molecule has 120 valence electrons. The van der Waals surface area contributed by atoms with Crippen LogP contribution in [-0.4, -0.2) is 11.7 Å². The third-order valence-corrected chi connectivity index (χ3v) is 3.68. The van der Waals surface area contributed by atoms with Crippen LogP contribution in [0.15, 0.2) is 18.2 Å². The van der Waals surface area contributed by atoms with Gasteiger partial charge in [-0.05, 0) is 18.6 Å². The minimum Gasteiger partial charge on any atom is -0.505 e. The van der Waals surface area contributed by atoms with Crippen LogP contribution in [0.25, 0.3) is 0 Å². The van der Waals surface area contributed by atoms with E-state index in [0.717, 1.165) is 6.42 Å². The molecule has 0 aromatic heterocycles. The van der Waals surface area contributed by atoms with Crippen molar-refractivity contribution in [2.45, 2.75) is 71.1 Å². The summed E-state index contributed by atoms with van der Waals surface area (Å²) in [5.41, 5.74) is 0. The number of halogens is 1. The number of hydrogen-bond donors (Lipinski definition) is 1. The summed E-state index contributed by atoms with van der Waals surface area (Å²) in [4.78, 5) is 0. The number of hydrogen-bond acceptors (Lipinski definition) is 2. The van der Waals surface area contributed by atoms with Crippen molar-refractivity contribution in [3.8, 4) is 11.5 Å². The van der Waals surface area contributed by atoms with Gasteiger partial charge in [-0.25, -0.2) is 4.39 Å². The van der Waals surface area contributed by atoms with Crippen LogP contribution < -0.4 is 4.74 Å². The molecule has 1 rings (SSSR count). The minimum atomic E-state index is -0.610. The van der Waals surface area contributed by atoms with Crippen molar-refractivity contribution in [2.75, 3.05) is 6.61 Å². The van der Waals surface area contributed by atoms with Crippen molar-refractivity contribution in [1.82, 2.24) is 0 Å². The highest BCUT2D eigenvalue weighted by Gasteiger charge is 2.01. The van der Waals surface area contributed by atoms with Gasteiger partial charge < -0.3 is 9.84 Å². The number of unbranched alkanes of at least 4 members (excludes halogenated alkanes) is 9. The lowest BCUT2D eigenvalue weighted by molar-refractivity contribution is 0.301. The normalized spacial score (nSPS) is 10.8. The van der Waals surface area contributed by atoms with Crippen molar-refractivity contribution in [3.63, 3.8) is 0 Å². The molecule has 2 nitrogen and oxygen atoms in total. The predicted octanol–water partition coefficient (Wildman–Crippen LogP) is 5.83. The third kappa shape index (κ3) is 8.59. The van der Waals surface area contributed by atoms with E-state index in [0.29, 0.717) is 12.4 Å². The standard InChI is InChI=1S/C18H29FO2/c1-2-3-4-5-6-7-8-9-10-11-14-21-16-12-13-17(19)18(20)15-16/h12-13,15,20H,2-11,14H2,1H3. The molecule has 0 amide bonds. The first kappa shape index (κ1) is 17.8. The van der Waals surface area contributed by atoms with Gasteiger partial charge in [0.15, 0.2) is 11.6 Å². The Labute approximate surface area is 128 Å². The van der Waals surface area contributed by atoms with Crippen LogP contribution in [0.4, 0.5) is 4.39 Å². The maximum Gasteiger partial charge on any atom is 0.165 e. The van der Waals surface area contributed by atoms with Crippen LogP contribution >= 0.6 is 0 Å². The van der Waals surface area contributed by atoms with E-state index in [1.165, 1.54) is 69.9 Å². The second kappa shape index (κ2) is 11.4. The van der Waals surface area contributed by atoms with E-state index in [4.69, 9.17) is 4.74 Å². The Morgan fingerprint density at radius 3 is 2.05 bits per heavy atom. The molecule has 21 heavy (non-hydrogen) atoms. The summed E-state index contributed by atoms with van der Waals surface area (Å²) in [5, 5.41) is 9.22. The zero-order valence-electron chi connectivity index (χ0n) is 13.2. The molecule has 0 bridgehead atoms. The van der Waals surface area contributed by atoms with Gasteiger partial charge >= 0.3 is 0 Å². The van der Waals surface area contributed by atoms with Crippen LogP contribution in [0.2, 0.25) is 0 Å². The molecule has 0 aliphatic rings. The third-order valence-electron chi connectivity index (χ3n) is 3.68. The van der Waals surface area contributed by atoms with Gasteiger partial charge in [0.25, 0.3) is 0 Å². The lowest BCUT2D eigenvalue weighted by atomic mass is 10.1. The van der Waals surface area contributed by atoms with E-state index in [1.54, 1.807) is 6.07 Å². The second-order valence-corrected chi connectivity index (χ2v) is 5.64. The summed E-state index contributed by atoms with van der Waals surface area (Å²) in [6.45, 7) is 2.87. The van der Waals surface area contributed by atoms with E-state index in [1.807, 2.05) is 0 Å². The summed E-state index contributed by atoms with van der Waals surface area (Å²) in [7, 11) is 0. The first-order chi connectivity index (χ1) is 10.2. The number of benzene rings is 1. The van der Waals surface area contributed by atoms with E-state index in [2.05, 4.69) is 6.92 Å². The van der Waals surface area contributed by atoms with E-state index < -0.39 is 5.82 Å². The molecule has 1 aromatic rings. The molecule has 1 N–H and O–H groups in total. The van der Waals surface area contributed by atoms with Gasteiger partial charge in [-0.3, -0.25) is 0 Å². The number of ether oxygens (including phenoxy) is 1. The van der Waals surface area contributed by atoms with Crippen molar-refractivity contribution in [1.29, 1.82) is 0 Å². The van der Waals surface area contributed by atoms with Crippen LogP contribution in [0, 0.1) is 5.82 Å². The van der Waals surface area contributed by atoms with Crippen molar-refractivity contribution < 1.29 is 14.2 Å². The highest BCUT2D eigenvalue weighted by molar-refractivity contribution is 5.33. The van der Waals surface area contributed by atoms with E-state index in [9.17, 15) is 9.50 Å². The molecule has 0 saturated carbocycles. The zero-order chi connectivity index (χ0) is 15.3. The molecule has 0 saturated heterocycles. The number of phenols is 1. The van der Waals surface area contributed by atoms with Gasteiger partial charge in [0.1, 0.15) is 5.75 Å². The molecular formula is C18H29FO2. The van der Waals surface area contributed by atoms with Crippen molar-refractivity contribution >= 4 is 0 Å². The molecule has 1 aromatic carbocycles. The van der Waals surface area contributed by atoms with E-state index >= 15 is 0 Å². The zero-order valence-corrected chi connectivity index (χ0v) is 13.2. The fourth-order valence-electron chi connectivity index (χ4n) is 2.36. The molecule has 0 aliphatic heterocycles. The topological polar surface area (TPSA) is 29.5 Å². The quantitative estimate of drug-likeness (QED) is 0.492. The number of rotatable bonds is 12. The summed E-state index contributed by atoms with van der Waals surface area (Å²) in [5.74, 6) is -0.429. The van der Waals surface area contributed by atoms with Gasteiger partial charge in [-0.2, -0.15) is 0 Å². The van der Waals surface area contributed by atoms with Crippen LogP contribution in [0.1, 0.15) is 71.1 Å². The molecule has 0 fully saturated rings. The van der Waals surface area contributed by atoms with Gasteiger partial charge in [-0.1, -0.05) is 64.7 Å². The first-order valence-corrected chi connectivity index (χ1v) is 8.35. The average molecular weight is 296 g/mol. The Hall–Kier alpha value is -1.25. The maximum atomic E-state index is 12.9. The lowest BCUT2D eigenvalue weighted by Gasteiger charge is -2.07. The van der Waals surface area contributed by atoms with Gasteiger partial charge in [0.05, 0.1) is 6.61 Å². The molecular weight excluding hydrogens is 267 g/mol. The summed E-state index contributed by atoms with van der Waals surface area (Å²) in [6.07, 6.45) is 12.9. The Morgan fingerprint density at radius 2 is 1.48 bits per heavy atom. The van der Waals surface area contributed by atoms with Gasteiger partial charge in [-0.15, -0.1) is 0 Å². The highest BCUT2D eigenvalue weighted by atomic mass is 19.1. The lowest BCUT2D eigenvalue weighted by Crippen LogP contribution is -1.97. The molecule has 0 radical (unpaired) electrons. The SMILES string of the molecule is CCCCCCCCCCCCOc1ccc(F)c(O)c1. The summed E-state index contributed by atoms with van der Waals surface area (Å²) in [6, 6.07) is 4.10. The summed E-state index contributed by atoms with van der Waals surface area (Å²) >= 11 is 0. The van der Waals surface area contributed by atoms with Gasteiger partial charge in [0, 0.05) is 6.07 Å². The minimum absolute atomic E-state index is 0.351. The van der Waals surface area contributed by atoms with Gasteiger partial charge in [0.2, 0.25) is 0 Å². The maximum absolute atomic E-state index is 12.9. The number of phenolic OH excluding ortho intramolecular Hbond substituents is 1. The molecule has 3 heteroatoms. The molecule has 0 spiro atoms. The van der Waals surface area contributed by atoms with Crippen LogP contribution in [0.3, 0.4) is 0 Å². The monoisotopic (exact) mass is 296 g/mol. The van der Waals surface area contributed by atoms with Crippen molar-refractivity contribution in [3.05, 3.63) is 24.0 Å². The first-order valence-electron chi connectivity index (χ1n) is 8.35. The smallest absolute Gasteiger partial charge is 0.165 e. The molecule has 0 atom stereocenters. The highest BCUT2D eigenvalue weighted by Crippen LogP contribution is 2.22. The fraction of sp³-hybridized carbons (Fsp3) is 0.667. The Bertz CT molecular complexity index is 379. The number of aromatic hydroxyl groups is 1. The molecule has 0 aliphatic carbocycles. The largest absolute Gasteiger partial charge is 0.505 e. The van der Waals surface area contributed by atoms with Crippen molar-refractivity contribution in [2.24, 2.45) is 0 Å². The summed E-state index contributed by atoms with van der Waals surface area (Å²) < 4.78 is 18.3.